The van der Waals surface area contributed by atoms with Gasteiger partial charge in [0.15, 0.2) is 0 Å². The molecule has 0 spiro atoms. The van der Waals surface area contributed by atoms with E-state index < -0.39 is 6.16 Å². The van der Waals surface area contributed by atoms with Gasteiger partial charge in [0.1, 0.15) is 0 Å². The van der Waals surface area contributed by atoms with E-state index in [2.05, 4.69) is 18.9 Å². The van der Waals surface area contributed by atoms with Gasteiger partial charge in [-0.05, 0) is 82.1 Å². The number of amides is 1. The minimum Gasteiger partial charge on any atom is -0.449 e. The molecule has 2 heterocycles. The molecule has 2 aromatic rings. The number of rotatable bonds is 6. The number of carbonyl (C=O) groups is 2. The molecular weight excluding hydrogens is 436 g/mol. The number of likely N-dealkylation sites (tertiary alicyclic amines) is 1. The fourth-order valence-corrected chi connectivity index (χ4v) is 6.00. The third-order valence-corrected chi connectivity index (χ3v) is 8.17. The average Bonchev–Trinajstić information content (AvgIpc) is 3.22. The molecule has 0 bridgehead atoms. The molecule has 0 atom stereocenters. The summed E-state index contributed by atoms with van der Waals surface area (Å²) in [4.78, 5) is 30.4. The Balaban J connectivity index is 1.67. The summed E-state index contributed by atoms with van der Waals surface area (Å²) >= 11 is 1.29. The number of ether oxygens (including phenoxy) is 1. The van der Waals surface area contributed by atoms with Gasteiger partial charge in [-0.2, -0.15) is 0 Å². The third-order valence-electron chi connectivity index (χ3n) is 7.12. The highest BCUT2D eigenvalue weighted by molar-refractivity contribution is 7.18. The Morgan fingerprint density at radius 3 is 2.39 bits per heavy atom. The van der Waals surface area contributed by atoms with Crippen LogP contribution in [0.1, 0.15) is 45.4 Å². The first kappa shape index (κ1) is 23.8. The number of hydrogen-bond donors (Lipinski definition) is 1. The summed E-state index contributed by atoms with van der Waals surface area (Å²) in [5, 5.41) is 9.68. The van der Waals surface area contributed by atoms with E-state index in [0.717, 1.165) is 62.1 Å². The van der Waals surface area contributed by atoms with Crippen LogP contribution in [0.4, 0.5) is 10.5 Å². The SMILES string of the molecule is CC1CCC(C(=O)N(CC2CCN(C)CC2)c2cc(-c3ccccc3)sc2OC(=O)O)CC1. The number of nitrogens with zero attached hydrogens (tertiary/aromatic N) is 2. The molecule has 6 nitrogen and oxygen atoms in total. The molecule has 33 heavy (non-hydrogen) atoms. The Hall–Kier alpha value is -2.38. The second-order valence-electron chi connectivity index (χ2n) is 9.67. The zero-order valence-corrected chi connectivity index (χ0v) is 20.4. The van der Waals surface area contributed by atoms with Crippen LogP contribution in [0, 0.1) is 17.8 Å². The maximum absolute atomic E-state index is 13.8. The van der Waals surface area contributed by atoms with Crippen LogP contribution < -0.4 is 9.64 Å². The molecular formula is C26H34N2O4S. The lowest BCUT2D eigenvalue weighted by molar-refractivity contribution is -0.123. The third kappa shape index (κ3) is 5.95. The highest BCUT2D eigenvalue weighted by atomic mass is 32.1. The van der Waals surface area contributed by atoms with E-state index in [1.807, 2.05) is 41.3 Å². The molecule has 1 amide bonds. The molecule has 1 saturated carbocycles. The summed E-state index contributed by atoms with van der Waals surface area (Å²) in [6.07, 6.45) is 4.64. The Labute approximate surface area is 200 Å². The Kier molecular flexibility index (Phi) is 7.71. The number of benzene rings is 1. The van der Waals surface area contributed by atoms with Gasteiger partial charge in [0.25, 0.3) is 0 Å². The topological polar surface area (TPSA) is 70.1 Å². The van der Waals surface area contributed by atoms with Gasteiger partial charge >= 0.3 is 6.16 Å². The fraction of sp³-hybridized carbons (Fsp3) is 0.538. The maximum atomic E-state index is 13.8. The molecule has 178 valence electrons. The van der Waals surface area contributed by atoms with E-state index in [9.17, 15) is 14.7 Å². The van der Waals surface area contributed by atoms with Crippen LogP contribution in [0.15, 0.2) is 36.4 Å². The lowest BCUT2D eigenvalue weighted by Gasteiger charge is -2.35. The number of piperidine rings is 1. The molecule has 1 aliphatic heterocycles. The van der Waals surface area contributed by atoms with Gasteiger partial charge in [0.2, 0.25) is 11.0 Å². The van der Waals surface area contributed by atoms with Crippen molar-refractivity contribution in [3.63, 3.8) is 0 Å². The van der Waals surface area contributed by atoms with Gasteiger partial charge < -0.3 is 19.6 Å². The first-order chi connectivity index (χ1) is 15.9. The van der Waals surface area contributed by atoms with Crippen molar-refractivity contribution in [3.05, 3.63) is 36.4 Å². The molecule has 2 fully saturated rings. The highest BCUT2D eigenvalue weighted by Gasteiger charge is 2.33. The molecule has 0 unspecified atom stereocenters. The molecule has 7 heteroatoms. The van der Waals surface area contributed by atoms with E-state index in [-0.39, 0.29) is 16.9 Å². The highest BCUT2D eigenvalue weighted by Crippen LogP contribution is 2.44. The van der Waals surface area contributed by atoms with Crippen molar-refractivity contribution >= 4 is 29.1 Å². The van der Waals surface area contributed by atoms with Crippen molar-refractivity contribution in [2.75, 3.05) is 31.6 Å². The lowest BCUT2D eigenvalue weighted by Crippen LogP contribution is -2.43. The number of carboxylic acid groups (broad SMARTS) is 1. The van der Waals surface area contributed by atoms with E-state index in [0.29, 0.717) is 24.1 Å². The fourth-order valence-electron chi connectivity index (χ4n) is 4.99. The summed E-state index contributed by atoms with van der Waals surface area (Å²) in [5.74, 6) is 1.16. The van der Waals surface area contributed by atoms with E-state index >= 15 is 0 Å². The monoisotopic (exact) mass is 470 g/mol. The van der Waals surface area contributed by atoms with Crippen molar-refractivity contribution in [1.29, 1.82) is 0 Å². The molecule has 2 aliphatic rings. The standard InChI is InChI=1S/C26H34N2O4S/c1-18-8-10-21(11-9-18)24(29)28(17-19-12-14-27(2)15-13-19)22-16-23(20-6-4-3-5-7-20)33-25(22)32-26(30)31/h3-7,16,18-19,21H,8-15,17H2,1-2H3,(H,30,31). The summed E-state index contributed by atoms with van der Waals surface area (Å²) in [6.45, 7) is 4.90. The molecule has 1 aromatic carbocycles. The smallest absolute Gasteiger partial charge is 0.449 e. The van der Waals surface area contributed by atoms with E-state index in [1.54, 1.807) is 0 Å². The summed E-state index contributed by atoms with van der Waals surface area (Å²) < 4.78 is 5.22. The molecule has 1 aromatic heterocycles. The molecule has 1 aliphatic carbocycles. The number of thiophene rings is 1. The van der Waals surface area contributed by atoms with Crippen LogP contribution in [-0.2, 0) is 4.79 Å². The summed E-state index contributed by atoms with van der Waals surface area (Å²) in [6, 6.07) is 11.8. The van der Waals surface area contributed by atoms with Crippen LogP contribution in [0.3, 0.4) is 0 Å². The van der Waals surface area contributed by atoms with Crippen molar-refractivity contribution in [3.8, 4) is 15.5 Å². The van der Waals surface area contributed by atoms with E-state index in [1.165, 1.54) is 11.3 Å². The van der Waals surface area contributed by atoms with Crippen molar-refractivity contribution in [2.45, 2.75) is 45.4 Å². The van der Waals surface area contributed by atoms with Crippen LogP contribution in [0.2, 0.25) is 0 Å². The van der Waals surface area contributed by atoms with Crippen LogP contribution in [-0.4, -0.2) is 48.8 Å². The second-order valence-corrected chi connectivity index (χ2v) is 10.7. The molecule has 4 rings (SSSR count). The summed E-state index contributed by atoms with van der Waals surface area (Å²) in [7, 11) is 2.13. The first-order valence-corrected chi connectivity index (χ1v) is 12.8. The van der Waals surface area contributed by atoms with Crippen LogP contribution in [0.5, 0.6) is 5.06 Å². The van der Waals surface area contributed by atoms with Crippen molar-refractivity contribution in [1.82, 2.24) is 4.90 Å². The van der Waals surface area contributed by atoms with Crippen molar-refractivity contribution in [2.24, 2.45) is 17.8 Å². The average molecular weight is 471 g/mol. The molecule has 0 radical (unpaired) electrons. The molecule has 1 N–H and O–H groups in total. The summed E-state index contributed by atoms with van der Waals surface area (Å²) in [5.41, 5.74) is 1.59. The predicted octanol–water partition coefficient (Wildman–Crippen LogP) is 5.97. The molecule has 1 saturated heterocycles. The zero-order valence-electron chi connectivity index (χ0n) is 19.5. The Morgan fingerprint density at radius 2 is 1.76 bits per heavy atom. The lowest BCUT2D eigenvalue weighted by atomic mass is 9.82. The van der Waals surface area contributed by atoms with Gasteiger partial charge in [-0.3, -0.25) is 4.79 Å². The van der Waals surface area contributed by atoms with Crippen molar-refractivity contribution < 1.29 is 19.4 Å². The van der Waals surface area contributed by atoms with Crippen LogP contribution in [0.25, 0.3) is 10.4 Å². The minimum absolute atomic E-state index is 0.00906. The minimum atomic E-state index is -1.35. The predicted molar refractivity (Wildman–Crippen MR) is 132 cm³/mol. The Bertz CT molecular complexity index is 944. The number of carbonyl (C=O) groups excluding carboxylic acids is 1. The normalized spacial score (nSPS) is 22.1. The van der Waals surface area contributed by atoms with Gasteiger partial charge in [0, 0.05) is 17.3 Å². The number of anilines is 1. The number of hydrogen-bond acceptors (Lipinski definition) is 5. The first-order valence-electron chi connectivity index (χ1n) is 12.0. The van der Waals surface area contributed by atoms with Gasteiger partial charge in [-0.1, -0.05) is 48.6 Å². The Morgan fingerprint density at radius 1 is 1.09 bits per heavy atom. The largest absolute Gasteiger partial charge is 0.512 e. The van der Waals surface area contributed by atoms with E-state index in [4.69, 9.17) is 4.74 Å². The zero-order chi connectivity index (χ0) is 23.4. The van der Waals surface area contributed by atoms with Gasteiger partial charge in [-0.15, -0.1) is 0 Å². The quantitative estimate of drug-likeness (QED) is 0.527. The van der Waals surface area contributed by atoms with Gasteiger partial charge in [0.05, 0.1) is 5.69 Å². The van der Waals surface area contributed by atoms with Gasteiger partial charge in [-0.25, -0.2) is 4.79 Å². The maximum Gasteiger partial charge on any atom is 0.512 e. The second kappa shape index (κ2) is 10.7. The van der Waals surface area contributed by atoms with Crippen LogP contribution >= 0.6 is 11.3 Å².